The van der Waals surface area contributed by atoms with Gasteiger partial charge in [0.05, 0.1) is 5.41 Å². The topological polar surface area (TPSA) is 98.8 Å². The number of nitrogens with two attached hydrogens (primary N) is 1. The molecular weight excluding hydrogens is 389 g/mol. The van der Waals surface area contributed by atoms with Crippen molar-refractivity contribution in [1.29, 1.82) is 0 Å². The normalized spacial score (nSPS) is 18.7. The Labute approximate surface area is 163 Å². The van der Waals surface area contributed by atoms with Crippen molar-refractivity contribution in [2.24, 2.45) is 10.7 Å². The third-order valence-electron chi connectivity index (χ3n) is 4.57. The zero-order valence-corrected chi connectivity index (χ0v) is 14.9. The molecule has 0 radical (unpaired) electrons. The van der Waals surface area contributed by atoms with Crippen LogP contribution in [-0.2, 0) is 10.2 Å². The summed E-state index contributed by atoms with van der Waals surface area (Å²) in [5.41, 5.74) is 5.80. The van der Waals surface area contributed by atoms with Crippen LogP contribution in [0.15, 0.2) is 53.8 Å². The highest BCUT2D eigenvalue weighted by Crippen LogP contribution is 2.52. The molecule has 0 saturated heterocycles. The molecule has 1 aliphatic heterocycles. The molecule has 150 valence electrons. The van der Waals surface area contributed by atoms with E-state index in [1.165, 1.54) is 42.7 Å². The molecular formula is C19H15F3N4O3. The van der Waals surface area contributed by atoms with Crippen LogP contribution in [0.25, 0.3) is 0 Å². The van der Waals surface area contributed by atoms with Gasteiger partial charge in [-0.2, -0.15) is 9.38 Å². The van der Waals surface area contributed by atoms with Crippen molar-refractivity contribution in [2.75, 3.05) is 5.32 Å². The Morgan fingerprint density at radius 1 is 1.21 bits per heavy atom. The van der Waals surface area contributed by atoms with Crippen LogP contribution in [0.2, 0.25) is 0 Å². The number of fused-ring (bicyclic) bond motifs is 1. The van der Waals surface area contributed by atoms with Crippen molar-refractivity contribution in [2.45, 2.75) is 24.6 Å². The number of hydrogen-bond donors (Lipinski definition) is 2. The first kappa shape index (κ1) is 18.8. The van der Waals surface area contributed by atoms with Crippen molar-refractivity contribution in [3.05, 3.63) is 60.3 Å². The molecule has 7 nitrogen and oxygen atoms in total. The van der Waals surface area contributed by atoms with Crippen LogP contribution >= 0.6 is 0 Å². The zero-order valence-electron chi connectivity index (χ0n) is 14.9. The SMILES string of the molecule is NC(/C=C\Nc1ccnc(F)c1)=NC(=O)C1(c2ccc3c(c2)OC(F)(F)O3)CC1. The maximum Gasteiger partial charge on any atom is 0.586 e. The van der Waals surface area contributed by atoms with Crippen LogP contribution in [0.4, 0.5) is 18.9 Å². The molecule has 0 unspecified atom stereocenters. The van der Waals surface area contributed by atoms with E-state index in [0.29, 0.717) is 24.1 Å². The minimum absolute atomic E-state index is 0.0596. The van der Waals surface area contributed by atoms with Crippen LogP contribution in [0, 0.1) is 5.95 Å². The van der Waals surface area contributed by atoms with E-state index in [4.69, 9.17) is 5.73 Å². The van der Waals surface area contributed by atoms with E-state index in [-0.39, 0.29) is 17.3 Å². The lowest BCUT2D eigenvalue weighted by Gasteiger charge is -2.12. The highest BCUT2D eigenvalue weighted by Gasteiger charge is 2.52. The molecule has 1 aromatic carbocycles. The summed E-state index contributed by atoms with van der Waals surface area (Å²) in [6.45, 7) is 0. The lowest BCUT2D eigenvalue weighted by atomic mass is 9.95. The number of carbonyl (C=O) groups is 1. The second-order valence-electron chi connectivity index (χ2n) is 6.60. The summed E-state index contributed by atoms with van der Waals surface area (Å²) in [5.74, 6) is -1.41. The summed E-state index contributed by atoms with van der Waals surface area (Å²) in [5, 5.41) is 2.78. The summed E-state index contributed by atoms with van der Waals surface area (Å²) in [4.78, 5) is 20.0. The molecule has 1 fully saturated rings. The molecule has 2 heterocycles. The average molecular weight is 404 g/mol. The molecule has 4 rings (SSSR count). The highest BCUT2D eigenvalue weighted by atomic mass is 19.3. The van der Waals surface area contributed by atoms with E-state index in [0.717, 1.165) is 0 Å². The Hall–Kier alpha value is -3.56. The van der Waals surface area contributed by atoms with Crippen LogP contribution in [0.5, 0.6) is 11.5 Å². The molecule has 2 aromatic rings. The van der Waals surface area contributed by atoms with E-state index >= 15 is 0 Å². The number of amidine groups is 1. The highest BCUT2D eigenvalue weighted by molar-refractivity contribution is 6.04. The van der Waals surface area contributed by atoms with Gasteiger partial charge >= 0.3 is 6.29 Å². The molecule has 29 heavy (non-hydrogen) atoms. The van der Waals surface area contributed by atoms with Crippen LogP contribution < -0.4 is 20.5 Å². The van der Waals surface area contributed by atoms with E-state index in [1.54, 1.807) is 6.07 Å². The van der Waals surface area contributed by atoms with Crippen molar-refractivity contribution >= 4 is 17.4 Å². The number of halogens is 3. The quantitative estimate of drug-likeness (QED) is 0.452. The minimum atomic E-state index is -3.72. The number of nitrogens with zero attached hydrogens (tertiary/aromatic N) is 2. The number of aliphatic imine (C=N–C) groups is 1. The molecule has 2 aliphatic rings. The van der Waals surface area contributed by atoms with Gasteiger partial charge in [0, 0.05) is 24.2 Å². The van der Waals surface area contributed by atoms with Gasteiger partial charge < -0.3 is 20.5 Å². The molecule has 1 aromatic heterocycles. The van der Waals surface area contributed by atoms with Gasteiger partial charge in [-0.3, -0.25) is 4.79 Å². The molecule has 0 spiro atoms. The maximum atomic E-state index is 13.2. The molecule has 1 amide bonds. The van der Waals surface area contributed by atoms with Crippen molar-refractivity contribution < 1.29 is 27.4 Å². The standard InChI is InChI=1S/C19H15F3N4O3/c20-15-10-12(3-7-25-15)24-8-4-16(23)26-17(27)18(5-6-18)11-1-2-13-14(9-11)29-19(21,22)28-13/h1-4,7-10H,5-6H2,(H,24,25)(H2,23,26,27)/b8-4-. The number of pyridine rings is 1. The Morgan fingerprint density at radius 2 is 1.97 bits per heavy atom. The number of benzene rings is 1. The average Bonchev–Trinajstić information content (AvgIpc) is 3.39. The summed E-state index contributed by atoms with van der Waals surface area (Å²) in [6, 6.07) is 6.97. The monoisotopic (exact) mass is 404 g/mol. The molecule has 1 saturated carbocycles. The number of ether oxygens (including phenoxy) is 2. The van der Waals surface area contributed by atoms with Gasteiger partial charge in [-0.15, -0.1) is 8.78 Å². The number of hydrogen-bond acceptors (Lipinski definition) is 5. The number of anilines is 1. The smallest absolute Gasteiger partial charge is 0.395 e. The van der Waals surface area contributed by atoms with Crippen LogP contribution in [0.1, 0.15) is 18.4 Å². The molecule has 0 bridgehead atoms. The number of amides is 1. The summed E-state index contributed by atoms with van der Waals surface area (Å²) in [6.07, 6.45) is 1.35. The predicted octanol–water partition coefficient (Wildman–Crippen LogP) is 3.08. The van der Waals surface area contributed by atoms with Gasteiger partial charge in [-0.1, -0.05) is 6.07 Å². The maximum absolute atomic E-state index is 13.2. The summed E-state index contributed by atoms with van der Waals surface area (Å²) >= 11 is 0. The fourth-order valence-electron chi connectivity index (χ4n) is 2.97. The molecule has 3 N–H and O–H groups in total. The van der Waals surface area contributed by atoms with Gasteiger partial charge in [0.15, 0.2) is 11.5 Å². The molecule has 0 atom stereocenters. The van der Waals surface area contributed by atoms with E-state index in [1.807, 2.05) is 0 Å². The van der Waals surface area contributed by atoms with Gasteiger partial charge in [0.2, 0.25) is 5.95 Å². The second kappa shape index (κ2) is 6.80. The number of rotatable bonds is 5. The first-order valence-corrected chi connectivity index (χ1v) is 8.61. The second-order valence-corrected chi connectivity index (χ2v) is 6.60. The summed E-state index contributed by atoms with van der Waals surface area (Å²) in [7, 11) is 0. The van der Waals surface area contributed by atoms with E-state index in [2.05, 4.69) is 24.8 Å². The zero-order chi connectivity index (χ0) is 20.6. The third-order valence-corrected chi connectivity index (χ3v) is 4.57. The van der Waals surface area contributed by atoms with E-state index < -0.39 is 23.6 Å². The number of alkyl halides is 2. The minimum Gasteiger partial charge on any atom is -0.395 e. The van der Waals surface area contributed by atoms with Gasteiger partial charge in [-0.05, 0) is 42.7 Å². The lowest BCUT2D eigenvalue weighted by molar-refractivity contribution is -0.286. The largest absolute Gasteiger partial charge is 0.586 e. The van der Waals surface area contributed by atoms with Crippen molar-refractivity contribution in [3.63, 3.8) is 0 Å². The first-order valence-electron chi connectivity index (χ1n) is 8.61. The Balaban J connectivity index is 1.46. The fraction of sp³-hybridized carbons (Fsp3) is 0.211. The lowest BCUT2D eigenvalue weighted by Crippen LogP contribution is -2.26. The third kappa shape index (κ3) is 3.86. The number of nitrogens with one attached hydrogen (secondary N) is 1. The predicted molar refractivity (Wildman–Crippen MR) is 97.1 cm³/mol. The van der Waals surface area contributed by atoms with Gasteiger partial charge in [-0.25, -0.2) is 4.98 Å². The number of aromatic nitrogens is 1. The Bertz CT molecular complexity index is 1040. The Kier molecular flexibility index (Phi) is 4.40. The van der Waals surface area contributed by atoms with Gasteiger partial charge in [0.1, 0.15) is 5.84 Å². The van der Waals surface area contributed by atoms with Crippen molar-refractivity contribution in [3.8, 4) is 11.5 Å². The van der Waals surface area contributed by atoms with Crippen LogP contribution in [-0.4, -0.2) is 23.0 Å². The molecule has 1 aliphatic carbocycles. The fourth-order valence-corrected chi connectivity index (χ4v) is 2.97. The van der Waals surface area contributed by atoms with E-state index in [9.17, 15) is 18.0 Å². The van der Waals surface area contributed by atoms with Crippen LogP contribution in [0.3, 0.4) is 0 Å². The van der Waals surface area contributed by atoms with Gasteiger partial charge in [0.25, 0.3) is 5.91 Å². The first-order chi connectivity index (χ1) is 13.8. The molecule has 10 heteroatoms. The number of carbonyl (C=O) groups excluding carboxylic acids is 1. The van der Waals surface area contributed by atoms with Crippen molar-refractivity contribution in [1.82, 2.24) is 4.98 Å². The summed E-state index contributed by atoms with van der Waals surface area (Å²) < 4.78 is 48.2. The Morgan fingerprint density at radius 3 is 2.69 bits per heavy atom.